The first-order valence-corrected chi connectivity index (χ1v) is 6.99. The van der Waals surface area contributed by atoms with E-state index in [4.69, 9.17) is 16.0 Å². The summed E-state index contributed by atoms with van der Waals surface area (Å²) in [7, 11) is 0. The molecular formula is C12H10Br2ClNO. The lowest BCUT2D eigenvalue weighted by Gasteiger charge is -2.14. The van der Waals surface area contributed by atoms with Crippen LogP contribution in [0.25, 0.3) is 0 Å². The number of hydrogen-bond donors (Lipinski definition) is 1. The summed E-state index contributed by atoms with van der Waals surface area (Å²) in [5, 5.41) is 4.03. The molecule has 1 heterocycles. The number of rotatable bonds is 3. The topological polar surface area (TPSA) is 25.2 Å². The van der Waals surface area contributed by atoms with Crippen molar-refractivity contribution >= 4 is 49.1 Å². The first-order chi connectivity index (χ1) is 8.06. The second-order valence-electron chi connectivity index (χ2n) is 3.63. The van der Waals surface area contributed by atoms with Crippen molar-refractivity contribution in [3.8, 4) is 0 Å². The van der Waals surface area contributed by atoms with E-state index >= 15 is 0 Å². The van der Waals surface area contributed by atoms with E-state index in [2.05, 4.69) is 37.2 Å². The molecule has 17 heavy (non-hydrogen) atoms. The van der Waals surface area contributed by atoms with Crippen LogP contribution < -0.4 is 5.32 Å². The van der Waals surface area contributed by atoms with Crippen molar-refractivity contribution in [3.63, 3.8) is 0 Å². The van der Waals surface area contributed by atoms with Crippen molar-refractivity contribution in [2.24, 2.45) is 0 Å². The van der Waals surface area contributed by atoms with Crippen LogP contribution in [0.15, 0.2) is 43.9 Å². The molecule has 5 heteroatoms. The lowest BCUT2D eigenvalue weighted by atomic mass is 10.2. The summed E-state index contributed by atoms with van der Waals surface area (Å²) in [6.45, 7) is 2.03. The highest BCUT2D eigenvalue weighted by atomic mass is 79.9. The van der Waals surface area contributed by atoms with Gasteiger partial charge in [0.2, 0.25) is 0 Å². The van der Waals surface area contributed by atoms with Crippen LogP contribution in [-0.2, 0) is 0 Å². The Morgan fingerprint density at radius 2 is 2.00 bits per heavy atom. The second kappa shape index (κ2) is 5.46. The van der Waals surface area contributed by atoms with Gasteiger partial charge in [0.25, 0.3) is 0 Å². The van der Waals surface area contributed by atoms with E-state index in [0.717, 1.165) is 20.6 Å². The number of nitrogens with one attached hydrogen (secondary N) is 1. The van der Waals surface area contributed by atoms with E-state index in [9.17, 15) is 0 Å². The third kappa shape index (κ3) is 3.27. The Balaban J connectivity index is 2.18. The van der Waals surface area contributed by atoms with Crippen molar-refractivity contribution in [1.82, 2.24) is 0 Å². The number of halogens is 3. The molecule has 0 bridgehead atoms. The Bertz CT molecular complexity index is 527. The van der Waals surface area contributed by atoms with Crippen molar-refractivity contribution in [3.05, 3.63) is 50.3 Å². The minimum Gasteiger partial charge on any atom is -0.452 e. The number of furan rings is 1. The van der Waals surface area contributed by atoms with Crippen molar-refractivity contribution in [2.45, 2.75) is 13.0 Å². The van der Waals surface area contributed by atoms with Gasteiger partial charge in [0.1, 0.15) is 5.76 Å². The lowest BCUT2D eigenvalue weighted by molar-refractivity contribution is 0.471. The molecule has 0 aliphatic rings. The zero-order valence-corrected chi connectivity index (χ0v) is 12.9. The highest BCUT2D eigenvalue weighted by Gasteiger charge is 2.11. The average Bonchev–Trinajstić information content (AvgIpc) is 2.70. The van der Waals surface area contributed by atoms with Gasteiger partial charge in [0.05, 0.1) is 11.7 Å². The SMILES string of the molecule is CC(Nc1cc(Cl)ccc1Br)c1ccc(Br)o1. The molecule has 2 nitrogen and oxygen atoms in total. The molecule has 1 unspecified atom stereocenters. The summed E-state index contributed by atoms with van der Waals surface area (Å²) < 4.78 is 7.19. The fourth-order valence-electron chi connectivity index (χ4n) is 1.47. The van der Waals surface area contributed by atoms with Crippen LogP contribution in [0.3, 0.4) is 0 Å². The van der Waals surface area contributed by atoms with E-state index in [0.29, 0.717) is 5.02 Å². The van der Waals surface area contributed by atoms with E-state index in [1.165, 1.54) is 0 Å². The number of benzene rings is 1. The normalized spacial score (nSPS) is 12.5. The average molecular weight is 379 g/mol. The quantitative estimate of drug-likeness (QED) is 0.747. The molecule has 90 valence electrons. The summed E-state index contributed by atoms with van der Waals surface area (Å²) in [6.07, 6.45) is 0. The van der Waals surface area contributed by atoms with Crippen LogP contribution in [0.4, 0.5) is 5.69 Å². The molecule has 0 aliphatic heterocycles. The van der Waals surface area contributed by atoms with Crippen LogP contribution in [0, 0.1) is 0 Å². The van der Waals surface area contributed by atoms with Crippen LogP contribution >= 0.6 is 43.5 Å². The molecule has 1 atom stereocenters. The van der Waals surface area contributed by atoms with Crippen molar-refractivity contribution in [1.29, 1.82) is 0 Å². The maximum Gasteiger partial charge on any atom is 0.169 e. The van der Waals surface area contributed by atoms with Gasteiger partial charge in [-0.05, 0) is 69.1 Å². The van der Waals surface area contributed by atoms with E-state index in [-0.39, 0.29) is 6.04 Å². The van der Waals surface area contributed by atoms with Crippen LogP contribution in [-0.4, -0.2) is 0 Å². The Morgan fingerprint density at radius 3 is 2.65 bits per heavy atom. The molecule has 0 aliphatic carbocycles. The Hall–Kier alpha value is -0.450. The highest BCUT2D eigenvalue weighted by molar-refractivity contribution is 9.10. The first-order valence-electron chi connectivity index (χ1n) is 5.03. The molecule has 0 spiro atoms. The third-order valence-electron chi connectivity index (χ3n) is 2.32. The van der Waals surface area contributed by atoms with E-state index < -0.39 is 0 Å². The van der Waals surface area contributed by atoms with E-state index in [1.54, 1.807) is 0 Å². The summed E-state index contributed by atoms with van der Waals surface area (Å²) in [5.74, 6) is 0.865. The standard InChI is InChI=1S/C12H10Br2ClNO/c1-7(11-4-5-12(14)17-11)16-10-6-8(15)2-3-9(10)13/h2-7,16H,1H3. The molecule has 0 radical (unpaired) electrons. The molecule has 2 aromatic rings. The van der Waals surface area contributed by atoms with Gasteiger partial charge in [0, 0.05) is 9.50 Å². The molecule has 1 N–H and O–H groups in total. The molecule has 1 aromatic carbocycles. The summed E-state index contributed by atoms with van der Waals surface area (Å²) in [5.41, 5.74) is 0.942. The van der Waals surface area contributed by atoms with Crippen molar-refractivity contribution < 1.29 is 4.42 Å². The van der Waals surface area contributed by atoms with Gasteiger partial charge in [-0.1, -0.05) is 11.6 Å². The summed E-state index contributed by atoms with van der Waals surface area (Å²) in [6, 6.07) is 9.50. The number of anilines is 1. The monoisotopic (exact) mass is 377 g/mol. The van der Waals surface area contributed by atoms with Crippen LogP contribution in [0.1, 0.15) is 18.7 Å². The Morgan fingerprint density at radius 1 is 1.24 bits per heavy atom. The maximum absolute atomic E-state index is 5.96. The minimum atomic E-state index is 0.0658. The molecule has 2 rings (SSSR count). The van der Waals surface area contributed by atoms with Gasteiger partial charge in [0.15, 0.2) is 4.67 Å². The van der Waals surface area contributed by atoms with Gasteiger partial charge < -0.3 is 9.73 Å². The molecule has 1 aromatic heterocycles. The Labute approximate surface area is 122 Å². The largest absolute Gasteiger partial charge is 0.452 e. The molecule has 0 amide bonds. The lowest BCUT2D eigenvalue weighted by Crippen LogP contribution is -2.05. The Kier molecular flexibility index (Phi) is 4.17. The predicted octanol–water partition coefficient (Wildman–Crippen LogP) is 5.63. The summed E-state index contributed by atoms with van der Waals surface area (Å²) in [4.78, 5) is 0. The molecular weight excluding hydrogens is 369 g/mol. The van der Waals surface area contributed by atoms with Gasteiger partial charge in [-0.15, -0.1) is 0 Å². The van der Waals surface area contributed by atoms with Gasteiger partial charge in [-0.3, -0.25) is 0 Å². The van der Waals surface area contributed by atoms with E-state index in [1.807, 2.05) is 37.3 Å². The fraction of sp³-hybridized carbons (Fsp3) is 0.167. The third-order valence-corrected chi connectivity index (χ3v) is 3.67. The molecule has 0 saturated carbocycles. The fourth-order valence-corrected chi connectivity index (χ4v) is 2.33. The van der Waals surface area contributed by atoms with Gasteiger partial charge >= 0.3 is 0 Å². The van der Waals surface area contributed by atoms with Gasteiger partial charge in [-0.25, -0.2) is 0 Å². The first kappa shape index (κ1) is 13.0. The highest BCUT2D eigenvalue weighted by Crippen LogP contribution is 2.30. The smallest absolute Gasteiger partial charge is 0.169 e. The maximum atomic E-state index is 5.96. The minimum absolute atomic E-state index is 0.0658. The molecule has 0 fully saturated rings. The molecule has 0 saturated heterocycles. The summed E-state index contributed by atoms with van der Waals surface area (Å²) >= 11 is 12.7. The van der Waals surface area contributed by atoms with Gasteiger partial charge in [-0.2, -0.15) is 0 Å². The van der Waals surface area contributed by atoms with Crippen LogP contribution in [0.2, 0.25) is 5.02 Å². The number of hydrogen-bond acceptors (Lipinski definition) is 2. The zero-order valence-electron chi connectivity index (χ0n) is 9.01. The van der Waals surface area contributed by atoms with Crippen LogP contribution in [0.5, 0.6) is 0 Å². The second-order valence-corrected chi connectivity index (χ2v) is 5.70. The zero-order chi connectivity index (χ0) is 12.4. The van der Waals surface area contributed by atoms with Crippen molar-refractivity contribution in [2.75, 3.05) is 5.32 Å². The predicted molar refractivity (Wildman–Crippen MR) is 77.6 cm³/mol.